The van der Waals surface area contributed by atoms with Crippen LogP contribution in [0, 0.1) is 10.1 Å². The van der Waals surface area contributed by atoms with Crippen LogP contribution in [0.2, 0.25) is 0 Å². The molecule has 2 heterocycles. The molecule has 0 saturated carbocycles. The van der Waals surface area contributed by atoms with Crippen LogP contribution in [-0.4, -0.2) is 25.6 Å². The SMILES string of the molecule is C[NH+](C)[C@H](CNc1[nH+]cccc1[N+](=O)[O-])c1cccs1. The zero-order chi connectivity index (χ0) is 14.5. The Hall–Kier alpha value is -1.99. The molecule has 0 spiro atoms. The second-order valence-corrected chi connectivity index (χ2v) is 5.69. The number of aromatic nitrogens is 1. The van der Waals surface area contributed by atoms with Gasteiger partial charge in [-0.15, -0.1) is 11.3 Å². The Labute approximate surface area is 121 Å². The number of H-pyrrole nitrogens is 1. The molecule has 0 radical (unpaired) electrons. The molecule has 106 valence electrons. The summed E-state index contributed by atoms with van der Waals surface area (Å²) in [7, 11) is 4.16. The van der Waals surface area contributed by atoms with Gasteiger partial charge in [-0.05, 0) is 17.5 Å². The van der Waals surface area contributed by atoms with Crippen LogP contribution in [0.1, 0.15) is 10.9 Å². The molecule has 0 aliphatic rings. The van der Waals surface area contributed by atoms with Crippen LogP contribution in [0.5, 0.6) is 0 Å². The number of quaternary nitrogens is 1. The summed E-state index contributed by atoms with van der Waals surface area (Å²) in [5.41, 5.74) is 0.0613. The van der Waals surface area contributed by atoms with Crippen LogP contribution < -0.4 is 15.2 Å². The van der Waals surface area contributed by atoms with E-state index in [0.717, 1.165) is 0 Å². The van der Waals surface area contributed by atoms with Gasteiger partial charge in [-0.2, -0.15) is 0 Å². The van der Waals surface area contributed by atoms with Gasteiger partial charge < -0.3 is 4.90 Å². The van der Waals surface area contributed by atoms with E-state index < -0.39 is 0 Å². The van der Waals surface area contributed by atoms with Gasteiger partial charge in [0.25, 0.3) is 0 Å². The topological polar surface area (TPSA) is 73.8 Å². The predicted octanol–water partition coefficient (Wildman–Crippen LogP) is 0.768. The standard InChI is InChI=1S/C13H16N4O2S/c1-16(2)11(12-6-4-8-20-12)9-15-13-10(17(18)19)5-3-7-14-13/h3-8,11H,9H2,1-2H3,(H,14,15)/p+2/t11-/m1/s1. The Balaban J connectivity index is 2.13. The highest BCUT2D eigenvalue weighted by molar-refractivity contribution is 7.10. The van der Waals surface area contributed by atoms with Crippen LogP contribution in [0.4, 0.5) is 11.5 Å². The molecule has 6 nitrogen and oxygen atoms in total. The number of thiophene rings is 1. The van der Waals surface area contributed by atoms with Crippen LogP contribution in [0.3, 0.4) is 0 Å². The molecule has 20 heavy (non-hydrogen) atoms. The number of nitro groups is 1. The van der Waals surface area contributed by atoms with E-state index in [2.05, 4.69) is 30.5 Å². The summed E-state index contributed by atoms with van der Waals surface area (Å²) in [6.45, 7) is 0.629. The van der Waals surface area contributed by atoms with Crippen molar-refractivity contribution in [2.45, 2.75) is 6.04 Å². The van der Waals surface area contributed by atoms with E-state index in [1.165, 1.54) is 15.8 Å². The van der Waals surface area contributed by atoms with Crippen LogP contribution >= 0.6 is 11.3 Å². The Kier molecular flexibility index (Phi) is 4.65. The third-order valence-electron chi connectivity index (χ3n) is 3.10. The first-order valence-electron chi connectivity index (χ1n) is 6.32. The lowest BCUT2D eigenvalue weighted by Crippen LogP contribution is -3.06. The zero-order valence-corrected chi connectivity index (χ0v) is 12.2. The highest BCUT2D eigenvalue weighted by Crippen LogP contribution is 2.20. The summed E-state index contributed by atoms with van der Waals surface area (Å²) in [6, 6.07) is 7.47. The summed E-state index contributed by atoms with van der Waals surface area (Å²) in [5.74, 6) is 0.445. The fraction of sp³-hybridized carbons (Fsp3) is 0.308. The van der Waals surface area contributed by atoms with Gasteiger partial charge in [-0.25, -0.2) is 4.98 Å². The van der Waals surface area contributed by atoms with Crippen molar-refractivity contribution in [2.75, 3.05) is 26.0 Å². The molecule has 0 amide bonds. The van der Waals surface area contributed by atoms with Gasteiger partial charge in [0, 0.05) is 6.07 Å². The number of nitrogens with zero attached hydrogens (tertiary/aromatic N) is 1. The molecule has 0 fully saturated rings. The van der Waals surface area contributed by atoms with Gasteiger partial charge in [-0.3, -0.25) is 15.4 Å². The van der Waals surface area contributed by atoms with E-state index >= 15 is 0 Å². The van der Waals surface area contributed by atoms with Gasteiger partial charge >= 0.3 is 11.5 Å². The number of hydrogen-bond acceptors (Lipinski definition) is 4. The predicted molar refractivity (Wildman–Crippen MR) is 78.0 cm³/mol. The average molecular weight is 294 g/mol. The molecule has 2 rings (SSSR count). The molecule has 2 aromatic rings. The molecule has 3 N–H and O–H groups in total. The first-order chi connectivity index (χ1) is 9.59. The minimum Gasteiger partial charge on any atom is -0.330 e. The van der Waals surface area contributed by atoms with Gasteiger partial charge in [0.1, 0.15) is 6.54 Å². The number of pyridine rings is 1. The molecule has 0 aliphatic heterocycles. The number of aromatic amines is 1. The summed E-state index contributed by atoms with van der Waals surface area (Å²) in [4.78, 5) is 16.0. The summed E-state index contributed by atoms with van der Waals surface area (Å²) >= 11 is 1.70. The van der Waals surface area contributed by atoms with Crippen LogP contribution in [0.15, 0.2) is 35.8 Å². The maximum absolute atomic E-state index is 11.0. The quantitative estimate of drug-likeness (QED) is 0.610. The largest absolute Gasteiger partial charge is 0.357 e. The molecule has 0 saturated heterocycles. The summed E-state index contributed by atoms with van der Waals surface area (Å²) < 4.78 is 0. The molecule has 0 bridgehead atoms. The van der Waals surface area contributed by atoms with Crippen molar-refractivity contribution < 1.29 is 14.8 Å². The minimum absolute atomic E-state index is 0.0613. The van der Waals surface area contributed by atoms with Gasteiger partial charge in [0.2, 0.25) is 0 Å². The molecular formula is C13H18N4O2S+2. The number of nitrogens with one attached hydrogen (secondary N) is 3. The minimum atomic E-state index is -0.387. The Morgan fingerprint density at radius 1 is 1.45 bits per heavy atom. The molecule has 0 aliphatic carbocycles. The molecule has 0 aromatic carbocycles. The molecule has 2 aromatic heterocycles. The third kappa shape index (κ3) is 3.31. The number of rotatable bonds is 6. The van der Waals surface area contributed by atoms with Crippen molar-refractivity contribution in [3.05, 3.63) is 50.8 Å². The van der Waals surface area contributed by atoms with Gasteiger partial charge in [-0.1, -0.05) is 6.07 Å². The van der Waals surface area contributed by atoms with Crippen molar-refractivity contribution in [3.8, 4) is 0 Å². The van der Waals surface area contributed by atoms with E-state index in [0.29, 0.717) is 12.4 Å². The van der Waals surface area contributed by atoms with Gasteiger partial charge in [0.05, 0.1) is 30.1 Å². The van der Waals surface area contributed by atoms with Crippen molar-refractivity contribution in [1.82, 2.24) is 0 Å². The van der Waals surface area contributed by atoms with Crippen molar-refractivity contribution in [3.63, 3.8) is 0 Å². The molecule has 0 unspecified atom stereocenters. The van der Waals surface area contributed by atoms with E-state index in [9.17, 15) is 10.1 Å². The average Bonchev–Trinajstić information content (AvgIpc) is 2.92. The first-order valence-corrected chi connectivity index (χ1v) is 7.20. The number of likely N-dealkylation sites (N-methyl/N-ethyl adjacent to an activating group) is 1. The fourth-order valence-electron chi connectivity index (χ4n) is 2.00. The van der Waals surface area contributed by atoms with Crippen LogP contribution in [0.25, 0.3) is 0 Å². The lowest BCUT2D eigenvalue weighted by atomic mass is 10.2. The van der Waals surface area contributed by atoms with Crippen molar-refractivity contribution >= 4 is 22.8 Å². The maximum Gasteiger partial charge on any atom is 0.357 e. The Bertz CT molecular complexity index is 572. The molecule has 1 atom stereocenters. The normalized spacial score (nSPS) is 12.3. The zero-order valence-electron chi connectivity index (χ0n) is 11.4. The smallest absolute Gasteiger partial charge is 0.330 e. The summed E-state index contributed by atoms with van der Waals surface area (Å²) in [5, 5.41) is 16.2. The Morgan fingerprint density at radius 3 is 2.85 bits per heavy atom. The summed E-state index contributed by atoms with van der Waals surface area (Å²) in [6.07, 6.45) is 1.68. The molecule has 7 heteroatoms. The van der Waals surface area contributed by atoms with Crippen LogP contribution in [-0.2, 0) is 0 Å². The highest BCUT2D eigenvalue weighted by Gasteiger charge is 2.25. The number of anilines is 1. The van der Waals surface area contributed by atoms with E-state index in [4.69, 9.17) is 0 Å². The van der Waals surface area contributed by atoms with Crippen molar-refractivity contribution in [1.29, 1.82) is 0 Å². The Morgan fingerprint density at radius 2 is 2.25 bits per heavy atom. The highest BCUT2D eigenvalue weighted by atomic mass is 32.1. The van der Waals surface area contributed by atoms with E-state index in [1.807, 2.05) is 11.4 Å². The monoisotopic (exact) mass is 294 g/mol. The van der Waals surface area contributed by atoms with E-state index in [-0.39, 0.29) is 16.7 Å². The fourth-order valence-corrected chi connectivity index (χ4v) is 2.96. The lowest BCUT2D eigenvalue weighted by molar-refractivity contribution is -0.889. The van der Waals surface area contributed by atoms with E-state index in [1.54, 1.807) is 23.6 Å². The number of hydrogen-bond donors (Lipinski definition) is 2. The molecular weight excluding hydrogens is 276 g/mol. The third-order valence-corrected chi connectivity index (χ3v) is 4.08. The second-order valence-electron chi connectivity index (χ2n) is 4.71. The second kappa shape index (κ2) is 6.44. The van der Waals surface area contributed by atoms with Gasteiger partial charge in [0.15, 0.2) is 6.04 Å². The lowest BCUT2D eigenvalue weighted by Gasteiger charge is -2.18. The van der Waals surface area contributed by atoms with Crippen molar-refractivity contribution in [2.24, 2.45) is 0 Å². The first kappa shape index (κ1) is 14.4. The maximum atomic E-state index is 11.0.